The van der Waals surface area contributed by atoms with Gasteiger partial charge >= 0.3 is 0 Å². The van der Waals surface area contributed by atoms with Gasteiger partial charge in [-0.15, -0.1) is 0 Å². The molecule has 96 valence electrons. The average Bonchev–Trinajstić information content (AvgIpc) is 2.40. The predicted octanol–water partition coefficient (Wildman–Crippen LogP) is 5.51. The molecule has 2 rings (SSSR count). The van der Waals surface area contributed by atoms with Crippen molar-refractivity contribution in [3.63, 3.8) is 0 Å². The van der Waals surface area contributed by atoms with Crippen molar-refractivity contribution in [2.75, 3.05) is 5.32 Å². The largest absolute Gasteiger partial charge is 0.352 e. The lowest BCUT2D eigenvalue weighted by Gasteiger charge is -2.11. The summed E-state index contributed by atoms with van der Waals surface area (Å²) in [5.74, 6) is -0.560. The molecule has 0 aliphatic carbocycles. The van der Waals surface area contributed by atoms with Gasteiger partial charge < -0.3 is 5.32 Å². The zero-order valence-electron chi connectivity index (χ0n) is 9.35. The van der Waals surface area contributed by atoms with Crippen LogP contribution in [0.15, 0.2) is 34.8 Å². The number of nitrogens with one attached hydrogen (secondary N) is 1. The molecule has 0 bridgehead atoms. The molecule has 19 heavy (non-hydrogen) atoms. The Kier molecular flexibility index (Phi) is 4.31. The van der Waals surface area contributed by atoms with Gasteiger partial charge in [-0.25, -0.2) is 4.39 Å². The molecule has 0 atom stereocenters. The lowest BCUT2D eigenvalue weighted by molar-refractivity contribution is 0.624. The minimum Gasteiger partial charge on any atom is -0.352 e. The Morgan fingerprint density at radius 3 is 2.58 bits per heavy atom. The van der Waals surface area contributed by atoms with E-state index in [9.17, 15) is 4.39 Å². The second-order valence-corrected chi connectivity index (χ2v) is 5.20. The van der Waals surface area contributed by atoms with E-state index in [4.69, 9.17) is 28.5 Å². The minimum atomic E-state index is -0.560. The maximum absolute atomic E-state index is 14.0. The van der Waals surface area contributed by atoms with Gasteiger partial charge in [-0.2, -0.15) is 5.26 Å². The van der Waals surface area contributed by atoms with Crippen LogP contribution in [0.3, 0.4) is 0 Å². The van der Waals surface area contributed by atoms with Gasteiger partial charge in [0.2, 0.25) is 0 Å². The van der Waals surface area contributed by atoms with E-state index in [1.807, 2.05) is 6.07 Å². The van der Waals surface area contributed by atoms with Crippen LogP contribution < -0.4 is 5.32 Å². The van der Waals surface area contributed by atoms with Gasteiger partial charge in [0.25, 0.3) is 0 Å². The van der Waals surface area contributed by atoms with Gasteiger partial charge in [-0.1, -0.05) is 29.3 Å². The van der Waals surface area contributed by atoms with E-state index >= 15 is 0 Å². The van der Waals surface area contributed by atoms with Crippen molar-refractivity contribution in [3.05, 3.63) is 56.2 Å². The molecule has 2 aromatic rings. The number of nitrogens with zero attached hydrogens (tertiary/aromatic N) is 1. The third-order valence-electron chi connectivity index (χ3n) is 2.42. The molecule has 0 spiro atoms. The van der Waals surface area contributed by atoms with Crippen LogP contribution in [-0.4, -0.2) is 0 Å². The molecule has 2 nitrogen and oxygen atoms in total. The fraction of sp³-hybridized carbons (Fsp3) is 0. The summed E-state index contributed by atoms with van der Waals surface area (Å²) in [4.78, 5) is 0. The molecule has 2 aromatic carbocycles. The summed E-state index contributed by atoms with van der Waals surface area (Å²) in [5.41, 5.74) is 0.917. The fourth-order valence-corrected chi connectivity index (χ4v) is 2.26. The number of nitriles is 1. The third-order valence-corrected chi connectivity index (χ3v) is 4.02. The summed E-state index contributed by atoms with van der Waals surface area (Å²) >= 11 is 14.9. The molecular formula is C13H6BrCl2FN2. The first-order valence-electron chi connectivity index (χ1n) is 5.13. The van der Waals surface area contributed by atoms with E-state index in [-0.39, 0.29) is 15.7 Å². The molecule has 0 aliphatic heterocycles. The van der Waals surface area contributed by atoms with Crippen LogP contribution in [-0.2, 0) is 0 Å². The van der Waals surface area contributed by atoms with E-state index in [2.05, 4.69) is 21.2 Å². The van der Waals surface area contributed by atoms with Gasteiger partial charge in [-0.3, -0.25) is 0 Å². The molecule has 0 saturated heterocycles. The van der Waals surface area contributed by atoms with Crippen molar-refractivity contribution in [3.8, 4) is 6.07 Å². The second kappa shape index (κ2) is 5.79. The zero-order valence-corrected chi connectivity index (χ0v) is 12.4. The number of benzene rings is 2. The van der Waals surface area contributed by atoms with Crippen molar-refractivity contribution < 1.29 is 4.39 Å². The Hall–Kier alpha value is -1.28. The Labute approximate surface area is 127 Å². The summed E-state index contributed by atoms with van der Waals surface area (Å²) < 4.78 is 14.1. The lowest BCUT2D eigenvalue weighted by atomic mass is 10.2. The summed E-state index contributed by atoms with van der Waals surface area (Å²) in [6.45, 7) is 0. The van der Waals surface area contributed by atoms with Gasteiger partial charge in [0.05, 0.1) is 31.5 Å². The standard InChI is InChI=1S/C13H6BrCl2FN2/c14-11-7(6-18)4-5-10(13(11)17)19-9-3-1-2-8(15)12(9)16/h1-5,19H. The first-order chi connectivity index (χ1) is 9.04. The van der Waals surface area contributed by atoms with Gasteiger partial charge in [0.1, 0.15) is 6.07 Å². The average molecular weight is 360 g/mol. The van der Waals surface area contributed by atoms with Crippen molar-refractivity contribution in [1.82, 2.24) is 0 Å². The number of halogens is 4. The normalized spacial score (nSPS) is 10.1. The second-order valence-electron chi connectivity index (χ2n) is 3.63. The van der Waals surface area contributed by atoms with Crippen LogP contribution >= 0.6 is 39.1 Å². The Morgan fingerprint density at radius 2 is 1.89 bits per heavy atom. The fourth-order valence-electron chi connectivity index (χ4n) is 1.48. The first-order valence-corrected chi connectivity index (χ1v) is 6.68. The number of hydrogen-bond acceptors (Lipinski definition) is 2. The molecule has 0 radical (unpaired) electrons. The Bertz CT molecular complexity index is 683. The van der Waals surface area contributed by atoms with Crippen molar-refractivity contribution >= 4 is 50.5 Å². The molecule has 0 heterocycles. The van der Waals surface area contributed by atoms with Crippen molar-refractivity contribution in [2.45, 2.75) is 0 Å². The molecule has 0 aliphatic rings. The van der Waals surface area contributed by atoms with E-state index in [0.717, 1.165) is 0 Å². The molecule has 0 aromatic heterocycles. The molecule has 6 heteroatoms. The van der Waals surface area contributed by atoms with Crippen molar-refractivity contribution in [1.29, 1.82) is 5.26 Å². The Morgan fingerprint density at radius 1 is 1.16 bits per heavy atom. The molecule has 0 unspecified atom stereocenters. The highest BCUT2D eigenvalue weighted by atomic mass is 79.9. The number of hydrogen-bond donors (Lipinski definition) is 1. The highest BCUT2D eigenvalue weighted by Crippen LogP contribution is 2.34. The SMILES string of the molecule is N#Cc1ccc(Nc2cccc(Cl)c2Cl)c(F)c1Br. The molecule has 0 saturated carbocycles. The summed E-state index contributed by atoms with van der Waals surface area (Å²) in [6, 6.07) is 9.88. The van der Waals surface area contributed by atoms with Gasteiger partial charge in [0, 0.05) is 0 Å². The van der Waals surface area contributed by atoms with Crippen LogP contribution in [0.25, 0.3) is 0 Å². The molecule has 0 amide bonds. The maximum atomic E-state index is 14.0. The van der Waals surface area contributed by atoms with Crippen LogP contribution in [0.2, 0.25) is 10.0 Å². The first kappa shape index (κ1) is 14.1. The van der Waals surface area contributed by atoms with Crippen LogP contribution in [0.5, 0.6) is 0 Å². The quantitative estimate of drug-likeness (QED) is 0.767. The van der Waals surface area contributed by atoms with Gasteiger partial charge in [0.15, 0.2) is 5.82 Å². The zero-order chi connectivity index (χ0) is 14.0. The third kappa shape index (κ3) is 2.84. The highest BCUT2D eigenvalue weighted by Gasteiger charge is 2.12. The van der Waals surface area contributed by atoms with Crippen molar-refractivity contribution in [2.24, 2.45) is 0 Å². The minimum absolute atomic E-state index is 0.109. The predicted molar refractivity (Wildman–Crippen MR) is 78.6 cm³/mol. The molecule has 0 fully saturated rings. The van der Waals surface area contributed by atoms with E-state index in [1.165, 1.54) is 12.1 Å². The molecule has 1 N–H and O–H groups in total. The monoisotopic (exact) mass is 358 g/mol. The summed E-state index contributed by atoms with van der Waals surface area (Å²) in [7, 11) is 0. The Balaban J connectivity index is 2.43. The summed E-state index contributed by atoms with van der Waals surface area (Å²) in [5, 5.41) is 12.3. The lowest BCUT2D eigenvalue weighted by Crippen LogP contribution is -1.97. The maximum Gasteiger partial charge on any atom is 0.162 e. The highest BCUT2D eigenvalue weighted by molar-refractivity contribution is 9.10. The van der Waals surface area contributed by atoms with E-state index in [1.54, 1.807) is 18.2 Å². The number of anilines is 2. The van der Waals surface area contributed by atoms with Crippen LogP contribution in [0.1, 0.15) is 5.56 Å². The number of rotatable bonds is 2. The van der Waals surface area contributed by atoms with Crippen LogP contribution in [0.4, 0.5) is 15.8 Å². The van der Waals surface area contributed by atoms with E-state index < -0.39 is 5.82 Å². The summed E-state index contributed by atoms with van der Waals surface area (Å²) in [6.07, 6.45) is 0. The molecular weight excluding hydrogens is 354 g/mol. The smallest absolute Gasteiger partial charge is 0.162 e. The van der Waals surface area contributed by atoms with Gasteiger partial charge in [-0.05, 0) is 40.2 Å². The topological polar surface area (TPSA) is 35.8 Å². The van der Waals surface area contributed by atoms with E-state index in [0.29, 0.717) is 15.7 Å². The van der Waals surface area contributed by atoms with Crippen LogP contribution in [0, 0.1) is 17.1 Å².